The van der Waals surface area contributed by atoms with Crippen LogP contribution < -0.4 is 10.5 Å². The molecule has 0 aliphatic rings. The van der Waals surface area contributed by atoms with E-state index < -0.39 is 0 Å². The maximum Gasteiger partial charge on any atom is 0.264 e. The summed E-state index contributed by atoms with van der Waals surface area (Å²) in [6, 6.07) is 1.75. The van der Waals surface area contributed by atoms with Crippen LogP contribution in [0.15, 0.2) is 11.4 Å². The molecule has 0 aromatic carbocycles. The molecule has 0 saturated carbocycles. The summed E-state index contributed by atoms with van der Waals surface area (Å²) >= 11 is 6.19. The standard InChI is InChI=1S/C11H16N2O2S2/c1-3-13(5-4-10(12)16)11(14)9-6-8(15-2)7-17-9/h6-7H,3-5H2,1-2H3,(H2,12,16). The summed E-state index contributed by atoms with van der Waals surface area (Å²) in [5, 5.41) is 1.81. The molecule has 0 aliphatic heterocycles. The lowest BCUT2D eigenvalue weighted by atomic mass is 10.3. The molecule has 1 amide bonds. The summed E-state index contributed by atoms with van der Waals surface area (Å²) < 4.78 is 5.06. The Morgan fingerprint density at radius 3 is 2.82 bits per heavy atom. The van der Waals surface area contributed by atoms with Crippen molar-refractivity contribution in [2.75, 3.05) is 20.2 Å². The number of ether oxygens (including phenoxy) is 1. The number of hydrogen-bond acceptors (Lipinski definition) is 4. The number of hydrogen-bond donors (Lipinski definition) is 1. The summed E-state index contributed by atoms with van der Waals surface area (Å²) in [5.74, 6) is 0.709. The van der Waals surface area contributed by atoms with Crippen LogP contribution in [0.25, 0.3) is 0 Å². The molecule has 1 heterocycles. The topological polar surface area (TPSA) is 55.6 Å². The zero-order chi connectivity index (χ0) is 12.8. The lowest BCUT2D eigenvalue weighted by Gasteiger charge is -2.19. The Hall–Kier alpha value is -1.14. The predicted molar refractivity (Wildman–Crippen MR) is 73.9 cm³/mol. The molecule has 0 bridgehead atoms. The Balaban J connectivity index is 2.68. The van der Waals surface area contributed by atoms with E-state index in [2.05, 4.69) is 0 Å². The Morgan fingerprint density at radius 2 is 2.35 bits per heavy atom. The average Bonchev–Trinajstić information content (AvgIpc) is 2.77. The molecule has 2 N–H and O–H groups in total. The van der Waals surface area contributed by atoms with Gasteiger partial charge in [-0.2, -0.15) is 0 Å². The zero-order valence-corrected chi connectivity index (χ0v) is 11.6. The monoisotopic (exact) mass is 272 g/mol. The summed E-state index contributed by atoms with van der Waals surface area (Å²) in [5.41, 5.74) is 5.44. The van der Waals surface area contributed by atoms with Crippen LogP contribution in [0, 0.1) is 0 Å². The zero-order valence-electron chi connectivity index (χ0n) is 9.93. The molecule has 1 aromatic rings. The minimum absolute atomic E-state index is 0.00273. The molecular formula is C11H16N2O2S2. The van der Waals surface area contributed by atoms with Crippen LogP contribution >= 0.6 is 23.6 Å². The van der Waals surface area contributed by atoms with Crippen LogP contribution in [0.4, 0.5) is 0 Å². The van der Waals surface area contributed by atoms with E-state index in [-0.39, 0.29) is 5.91 Å². The summed E-state index contributed by atoms with van der Waals surface area (Å²) in [6.07, 6.45) is 0.553. The van der Waals surface area contributed by atoms with E-state index in [1.165, 1.54) is 11.3 Å². The Labute approximate surface area is 110 Å². The van der Waals surface area contributed by atoms with Crippen LogP contribution in [0.3, 0.4) is 0 Å². The number of methoxy groups -OCH3 is 1. The van der Waals surface area contributed by atoms with Crippen LogP contribution in [0.2, 0.25) is 0 Å². The van der Waals surface area contributed by atoms with Gasteiger partial charge in [-0.25, -0.2) is 0 Å². The van der Waals surface area contributed by atoms with Gasteiger partial charge in [0, 0.05) is 31.0 Å². The average molecular weight is 272 g/mol. The summed E-state index contributed by atoms with van der Waals surface area (Å²) in [6.45, 7) is 3.13. The second kappa shape index (κ2) is 6.56. The van der Waals surface area contributed by atoms with E-state index in [0.717, 1.165) is 0 Å². The number of nitrogens with zero attached hydrogens (tertiary/aromatic N) is 1. The molecule has 17 heavy (non-hydrogen) atoms. The fourth-order valence-electron chi connectivity index (χ4n) is 1.34. The molecule has 4 nitrogen and oxygen atoms in total. The number of rotatable bonds is 6. The van der Waals surface area contributed by atoms with Gasteiger partial charge in [-0.3, -0.25) is 4.79 Å². The predicted octanol–water partition coefficient (Wildman–Crippen LogP) is 1.90. The lowest BCUT2D eigenvalue weighted by molar-refractivity contribution is 0.0773. The first-order chi connectivity index (χ1) is 8.08. The third kappa shape index (κ3) is 3.98. The van der Waals surface area contributed by atoms with Crippen molar-refractivity contribution in [3.05, 3.63) is 16.3 Å². The third-order valence-corrected chi connectivity index (χ3v) is 3.42. The van der Waals surface area contributed by atoms with Crippen molar-refractivity contribution in [1.29, 1.82) is 0 Å². The molecule has 0 spiro atoms. The lowest BCUT2D eigenvalue weighted by Crippen LogP contribution is -2.33. The SMILES string of the molecule is CCN(CCC(N)=S)C(=O)c1cc(OC)cs1. The molecule has 0 atom stereocenters. The van der Waals surface area contributed by atoms with Crippen LogP contribution in [-0.2, 0) is 0 Å². The molecule has 1 aromatic heterocycles. The fraction of sp³-hybridized carbons (Fsp3) is 0.455. The molecule has 0 saturated heterocycles. The van der Waals surface area contributed by atoms with E-state index >= 15 is 0 Å². The number of amides is 1. The number of nitrogens with two attached hydrogens (primary N) is 1. The van der Waals surface area contributed by atoms with Gasteiger partial charge in [-0.1, -0.05) is 12.2 Å². The quantitative estimate of drug-likeness (QED) is 0.804. The molecule has 0 fully saturated rings. The van der Waals surface area contributed by atoms with E-state index in [0.29, 0.717) is 35.1 Å². The Morgan fingerprint density at radius 1 is 1.65 bits per heavy atom. The van der Waals surface area contributed by atoms with Gasteiger partial charge in [-0.15, -0.1) is 11.3 Å². The normalized spacial score (nSPS) is 10.0. The molecule has 0 aliphatic carbocycles. The molecule has 6 heteroatoms. The van der Waals surface area contributed by atoms with Gasteiger partial charge in [0.1, 0.15) is 5.75 Å². The van der Waals surface area contributed by atoms with Gasteiger partial charge >= 0.3 is 0 Å². The first kappa shape index (κ1) is 13.9. The highest BCUT2D eigenvalue weighted by Gasteiger charge is 2.16. The first-order valence-electron chi connectivity index (χ1n) is 5.28. The van der Waals surface area contributed by atoms with Crippen molar-refractivity contribution in [2.24, 2.45) is 5.73 Å². The van der Waals surface area contributed by atoms with Crippen molar-refractivity contribution < 1.29 is 9.53 Å². The van der Waals surface area contributed by atoms with E-state index in [1.807, 2.05) is 12.3 Å². The van der Waals surface area contributed by atoms with Gasteiger partial charge in [0.15, 0.2) is 0 Å². The van der Waals surface area contributed by atoms with E-state index in [1.54, 1.807) is 18.1 Å². The van der Waals surface area contributed by atoms with Crippen molar-refractivity contribution in [2.45, 2.75) is 13.3 Å². The Kier molecular flexibility index (Phi) is 5.37. The van der Waals surface area contributed by atoms with Crippen LogP contribution in [-0.4, -0.2) is 36.0 Å². The van der Waals surface area contributed by atoms with Gasteiger partial charge < -0.3 is 15.4 Å². The minimum Gasteiger partial charge on any atom is -0.496 e. The van der Waals surface area contributed by atoms with Gasteiger partial charge in [-0.05, 0) is 6.92 Å². The van der Waals surface area contributed by atoms with Crippen molar-refractivity contribution in [3.63, 3.8) is 0 Å². The maximum absolute atomic E-state index is 12.1. The third-order valence-electron chi connectivity index (χ3n) is 2.32. The second-order valence-electron chi connectivity index (χ2n) is 3.45. The highest BCUT2D eigenvalue weighted by Crippen LogP contribution is 2.22. The van der Waals surface area contributed by atoms with Crippen LogP contribution in [0.1, 0.15) is 23.0 Å². The highest BCUT2D eigenvalue weighted by atomic mass is 32.1. The van der Waals surface area contributed by atoms with Crippen LogP contribution in [0.5, 0.6) is 5.75 Å². The molecule has 1 rings (SSSR count). The van der Waals surface area contributed by atoms with Gasteiger partial charge in [0.05, 0.1) is 17.0 Å². The Bertz CT molecular complexity index is 404. The van der Waals surface area contributed by atoms with Gasteiger partial charge in [0.25, 0.3) is 5.91 Å². The number of thiocarbonyl (C=S) groups is 1. The van der Waals surface area contributed by atoms with E-state index in [9.17, 15) is 4.79 Å². The van der Waals surface area contributed by atoms with Crippen molar-refractivity contribution in [3.8, 4) is 5.75 Å². The fourth-order valence-corrected chi connectivity index (χ4v) is 2.26. The highest BCUT2D eigenvalue weighted by molar-refractivity contribution is 7.80. The minimum atomic E-state index is -0.00273. The maximum atomic E-state index is 12.1. The largest absolute Gasteiger partial charge is 0.496 e. The summed E-state index contributed by atoms with van der Waals surface area (Å²) in [4.78, 5) is 14.9. The van der Waals surface area contributed by atoms with E-state index in [4.69, 9.17) is 22.7 Å². The number of thiophene rings is 1. The number of carbonyl (C=O) groups excluding carboxylic acids is 1. The van der Waals surface area contributed by atoms with Crippen molar-refractivity contribution >= 4 is 34.5 Å². The van der Waals surface area contributed by atoms with Crippen molar-refractivity contribution in [1.82, 2.24) is 4.90 Å². The molecule has 0 unspecified atom stereocenters. The smallest absolute Gasteiger partial charge is 0.264 e. The molecule has 94 valence electrons. The van der Waals surface area contributed by atoms with Gasteiger partial charge in [0.2, 0.25) is 0 Å². The first-order valence-corrected chi connectivity index (χ1v) is 6.57. The second-order valence-corrected chi connectivity index (χ2v) is 4.89. The molecular weight excluding hydrogens is 256 g/mol. The summed E-state index contributed by atoms with van der Waals surface area (Å²) in [7, 11) is 1.58. The molecule has 0 radical (unpaired) electrons. The number of carbonyl (C=O) groups is 1.